The maximum atomic E-state index is 9.03. The first kappa shape index (κ1) is 11.7. The summed E-state index contributed by atoms with van der Waals surface area (Å²) in [7, 11) is 0. The van der Waals surface area contributed by atoms with Gasteiger partial charge in [-0.3, -0.25) is 0 Å². The van der Waals surface area contributed by atoms with E-state index in [2.05, 4.69) is 9.97 Å². The van der Waals surface area contributed by atoms with Gasteiger partial charge >= 0.3 is 0 Å². The van der Waals surface area contributed by atoms with Crippen LogP contribution in [0.3, 0.4) is 0 Å². The molecule has 0 atom stereocenters. The van der Waals surface area contributed by atoms with Crippen LogP contribution < -0.4 is 4.74 Å². The quantitative estimate of drug-likeness (QED) is 0.752. The fourth-order valence-electron chi connectivity index (χ4n) is 1.95. The van der Waals surface area contributed by atoms with Gasteiger partial charge in [0.15, 0.2) is 0 Å². The predicted molar refractivity (Wildman–Crippen MR) is 72.8 cm³/mol. The smallest absolute Gasteiger partial charge is 0.133 e. The van der Waals surface area contributed by atoms with E-state index in [1.165, 1.54) is 0 Å². The number of H-pyrrole nitrogens is 1. The topological polar surface area (TPSA) is 58.1 Å². The maximum Gasteiger partial charge on any atom is 0.133 e. The van der Waals surface area contributed by atoms with E-state index >= 15 is 0 Å². The van der Waals surface area contributed by atoms with Crippen LogP contribution in [0.25, 0.3) is 11.0 Å². The number of hydrogen-bond donors (Lipinski definition) is 2. The van der Waals surface area contributed by atoms with Crippen molar-refractivity contribution in [1.29, 1.82) is 0 Å². The van der Waals surface area contributed by atoms with Crippen molar-refractivity contribution in [1.82, 2.24) is 9.97 Å². The van der Waals surface area contributed by atoms with E-state index in [1.54, 1.807) is 0 Å². The Labute approximate surface area is 110 Å². The maximum absolute atomic E-state index is 9.03. The highest BCUT2D eigenvalue weighted by Crippen LogP contribution is 2.20. The number of aromatic nitrogens is 2. The molecule has 0 aliphatic heterocycles. The predicted octanol–water partition coefficient (Wildman–Crippen LogP) is 2.63. The van der Waals surface area contributed by atoms with Crippen molar-refractivity contribution in [2.24, 2.45) is 0 Å². The summed E-state index contributed by atoms with van der Waals surface area (Å²) in [6, 6.07) is 15.7. The molecule has 0 unspecified atom stereocenters. The van der Waals surface area contributed by atoms with Crippen LogP contribution in [0.15, 0.2) is 48.5 Å². The molecule has 19 heavy (non-hydrogen) atoms. The number of fused-ring (bicyclic) bond motifs is 1. The minimum absolute atomic E-state index is 0.0884. The Balaban J connectivity index is 1.78. The Morgan fingerprint density at radius 3 is 2.74 bits per heavy atom. The standard InChI is InChI=1S/C15H14N2O2/c18-9-15-16-13-7-6-12(8-14(13)17-15)19-10-11-4-2-1-3-5-11/h1-8,18H,9-10H2,(H,16,17). The Kier molecular flexibility index (Phi) is 3.16. The minimum atomic E-state index is -0.0884. The molecule has 4 heteroatoms. The summed E-state index contributed by atoms with van der Waals surface area (Å²) in [5, 5.41) is 9.03. The van der Waals surface area contributed by atoms with Gasteiger partial charge in [-0.25, -0.2) is 4.98 Å². The number of aromatic amines is 1. The fraction of sp³-hybridized carbons (Fsp3) is 0.133. The van der Waals surface area contributed by atoms with Crippen molar-refractivity contribution in [2.45, 2.75) is 13.2 Å². The van der Waals surface area contributed by atoms with Crippen molar-refractivity contribution in [3.63, 3.8) is 0 Å². The summed E-state index contributed by atoms with van der Waals surface area (Å²) in [6.07, 6.45) is 0. The number of benzene rings is 2. The molecule has 0 bridgehead atoms. The molecule has 4 nitrogen and oxygen atoms in total. The lowest BCUT2D eigenvalue weighted by molar-refractivity contribution is 0.273. The second-order valence-electron chi connectivity index (χ2n) is 4.29. The Hall–Kier alpha value is -2.33. The van der Waals surface area contributed by atoms with E-state index in [9.17, 15) is 0 Å². The number of aliphatic hydroxyl groups is 1. The Morgan fingerprint density at radius 1 is 1.11 bits per heavy atom. The van der Waals surface area contributed by atoms with Crippen LogP contribution in [0.5, 0.6) is 5.75 Å². The van der Waals surface area contributed by atoms with Gasteiger partial charge in [-0.15, -0.1) is 0 Å². The zero-order valence-corrected chi connectivity index (χ0v) is 10.3. The zero-order valence-electron chi connectivity index (χ0n) is 10.3. The molecule has 0 amide bonds. The molecule has 0 spiro atoms. The number of aliphatic hydroxyl groups excluding tert-OH is 1. The highest BCUT2D eigenvalue weighted by atomic mass is 16.5. The molecule has 1 heterocycles. The highest BCUT2D eigenvalue weighted by Gasteiger charge is 2.03. The highest BCUT2D eigenvalue weighted by molar-refractivity contribution is 5.76. The van der Waals surface area contributed by atoms with Gasteiger partial charge in [0.1, 0.15) is 24.8 Å². The molecule has 0 saturated carbocycles. The van der Waals surface area contributed by atoms with Crippen molar-refractivity contribution < 1.29 is 9.84 Å². The van der Waals surface area contributed by atoms with Crippen LogP contribution in [-0.4, -0.2) is 15.1 Å². The first-order valence-electron chi connectivity index (χ1n) is 6.11. The largest absolute Gasteiger partial charge is 0.489 e. The Bertz CT molecular complexity index is 677. The van der Waals surface area contributed by atoms with Crippen molar-refractivity contribution in [3.8, 4) is 5.75 Å². The van der Waals surface area contributed by atoms with Gasteiger partial charge < -0.3 is 14.8 Å². The van der Waals surface area contributed by atoms with Gasteiger partial charge in [0.2, 0.25) is 0 Å². The lowest BCUT2D eigenvalue weighted by Gasteiger charge is -2.05. The first-order chi connectivity index (χ1) is 9.35. The van der Waals surface area contributed by atoms with Gasteiger partial charge in [0.25, 0.3) is 0 Å². The second-order valence-corrected chi connectivity index (χ2v) is 4.29. The van der Waals surface area contributed by atoms with E-state index in [0.717, 1.165) is 22.3 Å². The van der Waals surface area contributed by atoms with Gasteiger partial charge in [-0.2, -0.15) is 0 Å². The van der Waals surface area contributed by atoms with Crippen molar-refractivity contribution >= 4 is 11.0 Å². The molecule has 0 aliphatic carbocycles. The monoisotopic (exact) mass is 254 g/mol. The molecule has 2 aromatic carbocycles. The van der Waals surface area contributed by atoms with Crippen molar-refractivity contribution in [3.05, 3.63) is 59.9 Å². The average Bonchev–Trinajstić information content (AvgIpc) is 2.88. The number of nitrogens with zero attached hydrogens (tertiary/aromatic N) is 1. The molecule has 0 fully saturated rings. The molecule has 96 valence electrons. The lowest BCUT2D eigenvalue weighted by Crippen LogP contribution is -1.94. The molecule has 2 N–H and O–H groups in total. The third-order valence-corrected chi connectivity index (χ3v) is 2.90. The van der Waals surface area contributed by atoms with Gasteiger partial charge in [-0.1, -0.05) is 30.3 Å². The zero-order chi connectivity index (χ0) is 13.1. The summed E-state index contributed by atoms with van der Waals surface area (Å²) in [4.78, 5) is 7.27. The minimum Gasteiger partial charge on any atom is -0.489 e. The normalized spacial score (nSPS) is 10.8. The fourth-order valence-corrected chi connectivity index (χ4v) is 1.95. The molecule has 0 radical (unpaired) electrons. The molecular formula is C15H14N2O2. The van der Waals surface area contributed by atoms with E-state index in [1.807, 2.05) is 48.5 Å². The number of rotatable bonds is 4. The molecule has 0 aliphatic rings. The Morgan fingerprint density at radius 2 is 1.95 bits per heavy atom. The average molecular weight is 254 g/mol. The van der Waals surface area contributed by atoms with E-state index in [4.69, 9.17) is 9.84 Å². The second kappa shape index (κ2) is 5.12. The summed E-state index contributed by atoms with van der Waals surface area (Å²) in [5.74, 6) is 1.35. The van der Waals surface area contributed by atoms with Gasteiger partial charge in [-0.05, 0) is 17.7 Å². The summed E-state index contributed by atoms with van der Waals surface area (Å²) < 4.78 is 5.73. The van der Waals surface area contributed by atoms with E-state index < -0.39 is 0 Å². The number of imidazole rings is 1. The molecule has 3 aromatic rings. The van der Waals surface area contributed by atoms with Crippen LogP contribution in [-0.2, 0) is 13.2 Å². The molecule has 3 rings (SSSR count). The lowest BCUT2D eigenvalue weighted by atomic mass is 10.2. The van der Waals surface area contributed by atoms with Gasteiger partial charge in [0, 0.05) is 6.07 Å². The summed E-state index contributed by atoms with van der Waals surface area (Å²) >= 11 is 0. The van der Waals surface area contributed by atoms with Crippen molar-refractivity contribution in [2.75, 3.05) is 0 Å². The first-order valence-corrected chi connectivity index (χ1v) is 6.11. The van der Waals surface area contributed by atoms with Crippen LogP contribution in [0.1, 0.15) is 11.4 Å². The summed E-state index contributed by atoms with van der Waals surface area (Å²) in [5.41, 5.74) is 2.83. The number of ether oxygens (including phenoxy) is 1. The third kappa shape index (κ3) is 2.58. The van der Waals surface area contributed by atoms with Crippen LogP contribution in [0.2, 0.25) is 0 Å². The molecule has 0 saturated heterocycles. The van der Waals surface area contributed by atoms with Crippen LogP contribution >= 0.6 is 0 Å². The van der Waals surface area contributed by atoms with Crippen LogP contribution in [0, 0.1) is 0 Å². The van der Waals surface area contributed by atoms with Crippen LogP contribution in [0.4, 0.5) is 0 Å². The van der Waals surface area contributed by atoms with E-state index in [-0.39, 0.29) is 6.61 Å². The summed E-state index contributed by atoms with van der Waals surface area (Å²) in [6.45, 7) is 0.447. The third-order valence-electron chi connectivity index (χ3n) is 2.90. The van der Waals surface area contributed by atoms with Gasteiger partial charge in [0.05, 0.1) is 11.0 Å². The SMILES string of the molecule is OCc1nc2ccc(OCc3ccccc3)cc2[nH]1. The number of nitrogens with one attached hydrogen (secondary N) is 1. The number of hydrogen-bond acceptors (Lipinski definition) is 3. The van der Waals surface area contributed by atoms with E-state index in [0.29, 0.717) is 12.4 Å². The molecular weight excluding hydrogens is 240 g/mol. The molecule has 1 aromatic heterocycles.